The van der Waals surface area contributed by atoms with Crippen LogP contribution < -0.4 is 5.32 Å². The first-order chi connectivity index (χ1) is 9.66. The van der Waals surface area contributed by atoms with Crippen molar-refractivity contribution in [2.24, 2.45) is 4.99 Å². The fraction of sp³-hybridized carbons (Fsp3) is 0.733. The van der Waals surface area contributed by atoms with Gasteiger partial charge in [-0.15, -0.1) is 0 Å². The predicted octanol–water partition coefficient (Wildman–Crippen LogP) is 0.528. The molecular weight excluding hydrogens is 252 g/mol. The van der Waals surface area contributed by atoms with Crippen molar-refractivity contribution in [3.63, 3.8) is 0 Å². The van der Waals surface area contributed by atoms with Crippen LogP contribution in [0, 0.1) is 0 Å². The fourth-order valence-corrected chi connectivity index (χ4v) is 2.85. The van der Waals surface area contributed by atoms with Crippen LogP contribution >= 0.6 is 0 Å². The molecule has 2 unspecified atom stereocenters. The molecule has 0 spiro atoms. The monoisotopic (exact) mass is 278 g/mol. The highest BCUT2D eigenvalue weighted by Crippen LogP contribution is 2.16. The highest BCUT2D eigenvalue weighted by Gasteiger charge is 2.26. The van der Waals surface area contributed by atoms with Crippen molar-refractivity contribution in [3.05, 3.63) is 12.2 Å². The van der Waals surface area contributed by atoms with E-state index in [9.17, 15) is 4.79 Å². The number of carbonyl (C=O) groups is 1. The number of hydrogen-bond acceptors (Lipinski definition) is 4. The van der Waals surface area contributed by atoms with Crippen LogP contribution in [0.25, 0.3) is 0 Å². The van der Waals surface area contributed by atoms with Crippen LogP contribution in [0.4, 0.5) is 0 Å². The first kappa shape index (κ1) is 15.2. The van der Waals surface area contributed by atoms with Gasteiger partial charge in [-0.3, -0.25) is 19.6 Å². The van der Waals surface area contributed by atoms with Crippen molar-refractivity contribution in [3.8, 4) is 0 Å². The van der Waals surface area contributed by atoms with Crippen LogP contribution in [0.1, 0.15) is 20.3 Å². The van der Waals surface area contributed by atoms with E-state index in [1.807, 2.05) is 12.3 Å². The van der Waals surface area contributed by atoms with Crippen LogP contribution in [-0.4, -0.2) is 73.3 Å². The Balaban J connectivity index is 1.69. The van der Waals surface area contributed by atoms with Gasteiger partial charge in [0.05, 0.1) is 6.04 Å². The van der Waals surface area contributed by atoms with Gasteiger partial charge in [0.2, 0.25) is 5.91 Å². The average Bonchev–Trinajstić information content (AvgIpc) is 2.48. The van der Waals surface area contributed by atoms with E-state index in [4.69, 9.17) is 0 Å². The third kappa shape index (κ3) is 4.42. The van der Waals surface area contributed by atoms with Gasteiger partial charge in [-0.1, -0.05) is 6.08 Å². The van der Waals surface area contributed by atoms with Crippen molar-refractivity contribution in [1.82, 2.24) is 15.1 Å². The van der Waals surface area contributed by atoms with Crippen LogP contribution in [0.15, 0.2) is 17.1 Å². The van der Waals surface area contributed by atoms with Crippen LogP contribution in [0.3, 0.4) is 0 Å². The van der Waals surface area contributed by atoms with E-state index in [-0.39, 0.29) is 5.91 Å². The average molecular weight is 278 g/mol. The number of nitrogens with zero attached hydrogens (tertiary/aromatic N) is 3. The SMILES string of the molecule is CC(=O)NCCN1CCN(C(C)C2CC=CC=N2)CC1. The highest BCUT2D eigenvalue weighted by molar-refractivity contribution is 5.72. The molecule has 1 saturated heterocycles. The van der Waals surface area contributed by atoms with Gasteiger partial charge in [0, 0.05) is 58.4 Å². The Hall–Kier alpha value is -1.20. The Kier molecular flexibility index (Phi) is 5.73. The molecule has 112 valence electrons. The summed E-state index contributed by atoms with van der Waals surface area (Å²) in [7, 11) is 0. The molecule has 20 heavy (non-hydrogen) atoms. The number of dihydropyridines is 1. The smallest absolute Gasteiger partial charge is 0.216 e. The molecule has 0 aromatic carbocycles. The van der Waals surface area contributed by atoms with Crippen molar-refractivity contribution >= 4 is 12.1 Å². The molecule has 2 aliphatic heterocycles. The maximum atomic E-state index is 10.8. The molecule has 0 aliphatic carbocycles. The molecule has 0 aromatic heterocycles. The molecule has 0 bridgehead atoms. The van der Waals surface area contributed by atoms with Gasteiger partial charge in [0.1, 0.15) is 0 Å². The molecule has 0 radical (unpaired) electrons. The summed E-state index contributed by atoms with van der Waals surface area (Å²) in [6, 6.07) is 0.916. The minimum atomic E-state index is 0.0560. The van der Waals surface area contributed by atoms with Gasteiger partial charge in [-0.05, 0) is 19.4 Å². The first-order valence-corrected chi connectivity index (χ1v) is 7.56. The Bertz CT molecular complexity index is 372. The third-order valence-electron chi connectivity index (χ3n) is 4.22. The second-order valence-corrected chi connectivity index (χ2v) is 5.63. The Morgan fingerprint density at radius 2 is 2.15 bits per heavy atom. The van der Waals surface area contributed by atoms with Gasteiger partial charge in [-0.2, -0.15) is 0 Å². The topological polar surface area (TPSA) is 47.9 Å². The molecule has 1 amide bonds. The number of hydrogen-bond donors (Lipinski definition) is 1. The lowest BCUT2D eigenvalue weighted by Crippen LogP contribution is -2.53. The van der Waals surface area contributed by atoms with E-state index in [0.29, 0.717) is 12.1 Å². The molecule has 2 aliphatic rings. The second kappa shape index (κ2) is 7.55. The summed E-state index contributed by atoms with van der Waals surface area (Å²) in [4.78, 5) is 20.4. The van der Waals surface area contributed by atoms with Crippen LogP contribution in [0.5, 0.6) is 0 Å². The minimum absolute atomic E-state index is 0.0560. The van der Waals surface area contributed by atoms with E-state index >= 15 is 0 Å². The lowest BCUT2D eigenvalue weighted by Gasteiger charge is -2.40. The summed E-state index contributed by atoms with van der Waals surface area (Å²) in [6.07, 6.45) is 7.22. The summed E-state index contributed by atoms with van der Waals surface area (Å²) in [6.45, 7) is 9.90. The van der Waals surface area contributed by atoms with Gasteiger partial charge in [-0.25, -0.2) is 0 Å². The van der Waals surface area contributed by atoms with Gasteiger partial charge in [0.25, 0.3) is 0 Å². The number of aliphatic imine (C=N–C) groups is 1. The molecule has 5 heteroatoms. The first-order valence-electron chi connectivity index (χ1n) is 7.56. The Morgan fingerprint density at radius 1 is 1.40 bits per heavy atom. The van der Waals surface area contributed by atoms with Gasteiger partial charge >= 0.3 is 0 Å². The normalized spacial score (nSPS) is 25.6. The number of allylic oxidation sites excluding steroid dienone is 1. The summed E-state index contributed by atoms with van der Waals surface area (Å²) in [5.74, 6) is 0.0560. The molecule has 1 N–H and O–H groups in total. The molecule has 1 fully saturated rings. The molecule has 0 aromatic rings. The van der Waals surface area contributed by atoms with Crippen molar-refractivity contribution in [2.45, 2.75) is 32.4 Å². The second-order valence-electron chi connectivity index (χ2n) is 5.63. The van der Waals surface area contributed by atoms with Crippen LogP contribution in [-0.2, 0) is 4.79 Å². The van der Waals surface area contributed by atoms with Crippen molar-refractivity contribution < 1.29 is 4.79 Å². The summed E-state index contributed by atoms with van der Waals surface area (Å²) in [5.41, 5.74) is 0. The molecule has 5 nitrogen and oxygen atoms in total. The number of rotatable bonds is 5. The maximum Gasteiger partial charge on any atom is 0.216 e. The minimum Gasteiger partial charge on any atom is -0.355 e. The summed E-state index contributed by atoms with van der Waals surface area (Å²) >= 11 is 0. The number of amides is 1. The predicted molar refractivity (Wildman–Crippen MR) is 82.2 cm³/mol. The van der Waals surface area contributed by atoms with Crippen molar-refractivity contribution in [1.29, 1.82) is 0 Å². The molecule has 0 saturated carbocycles. The Labute approximate surface area is 121 Å². The molecular formula is C15H26N4O. The molecule has 2 rings (SSSR count). The fourth-order valence-electron chi connectivity index (χ4n) is 2.85. The molecule has 2 heterocycles. The van der Waals surface area contributed by atoms with E-state index in [0.717, 1.165) is 45.7 Å². The zero-order valence-corrected chi connectivity index (χ0v) is 12.6. The quantitative estimate of drug-likeness (QED) is 0.798. The number of carbonyl (C=O) groups excluding carboxylic acids is 1. The molecule has 2 atom stereocenters. The number of piperazine rings is 1. The Morgan fingerprint density at radius 3 is 2.75 bits per heavy atom. The summed E-state index contributed by atoms with van der Waals surface area (Å²) < 4.78 is 0. The zero-order valence-electron chi connectivity index (χ0n) is 12.6. The lowest BCUT2D eigenvalue weighted by molar-refractivity contribution is -0.119. The third-order valence-corrected chi connectivity index (χ3v) is 4.22. The largest absolute Gasteiger partial charge is 0.355 e. The zero-order chi connectivity index (χ0) is 14.4. The van der Waals surface area contributed by atoms with Gasteiger partial charge < -0.3 is 5.32 Å². The lowest BCUT2D eigenvalue weighted by atomic mass is 10.0. The maximum absolute atomic E-state index is 10.8. The van der Waals surface area contributed by atoms with E-state index in [2.05, 4.69) is 33.1 Å². The highest BCUT2D eigenvalue weighted by atomic mass is 16.1. The van der Waals surface area contributed by atoms with E-state index in [1.54, 1.807) is 6.92 Å². The van der Waals surface area contributed by atoms with E-state index in [1.165, 1.54) is 0 Å². The van der Waals surface area contributed by atoms with E-state index < -0.39 is 0 Å². The summed E-state index contributed by atoms with van der Waals surface area (Å²) in [5, 5.41) is 2.86. The van der Waals surface area contributed by atoms with Crippen molar-refractivity contribution in [2.75, 3.05) is 39.3 Å². The number of nitrogens with one attached hydrogen (secondary N) is 1. The standard InChI is InChI=1S/C15H26N4O/c1-13(15-5-3-4-6-17-15)19-11-9-18(10-12-19)8-7-16-14(2)20/h3-4,6,13,15H,5,7-12H2,1-2H3,(H,16,20). The van der Waals surface area contributed by atoms with Gasteiger partial charge in [0.15, 0.2) is 0 Å². The van der Waals surface area contributed by atoms with Crippen LogP contribution in [0.2, 0.25) is 0 Å².